The third kappa shape index (κ3) is 3.75. The van der Waals surface area contributed by atoms with Crippen molar-refractivity contribution in [2.45, 2.75) is 12.5 Å². The Morgan fingerprint density at radius 1 is 1.21 bits per heavy atom. The van der Waals surface area contributed by atoms with E-state index < -0.39 is 11.5 Å². The fourth-order valence-corrected chi connectivity index (χ4v) is 1.33. The van der Waals surface area contributed by atoms with Crippen molar-refractivity contribution >= 4 is 5.97 Å². The van der Waals surface area contributed by atoms with Gasteiger partial charge in [-0.15, -0.1) is 0 Å². The van der Waals surface area contributed by atoms with Crippen molar-refractivity contribution < 1.29 is 24.1 Å². The number of aliphatic carboxylic acids is 1. The third-order valence-electron chi connectivity index (χ3n) is 2.88. The van der Waals surface area contributed by atoms with Crippen LogP contribution in [0.4, 0.5) is 0 Å². The van der Waals surface area contributed by atoms with Crippen molar-refractivity contribution in [3.05, 3.63) is 18.2 Å². The first-order valence-corrected chi connectivity index (χ1v) is 5.73. The van der Waals surface area contributed by atoms with E-state index in [0.717, 1.165) is 0 Å². The maximum absolute atomic E-state index is 11.1. The van der Waals surface area contributed by atoms with Crippen LogP contribution in [0.3, 0.4) is 0 Å². The van der Waals surface area contributed by atoms with Crippen LogP contribution in [0, 0.1) is 0 Å². The normalized spacial score (nSPS) is 13.5. The standard InChI is InChI=1S/C13H19NO5/c1-13(14-2,12(15)16)8-19-11-6-9(17-3)5-10(7-11)18-4/h5-7,14H,8H2,1-4H3,(H,15,16). The molecule has 0 spiro atoms. The first-order valence-electron chi connectivity index (χ1n) is 5.73. The molecule has 6 nitrogen and oxygen atoms in total. The number of ether oxygens (including phenoxy) is 3. The number of methoxy groups -OCH3 is 2. The Hall–Kier alpha value is -1.95. The quantitative estimate of drug-likeness (QED) is 0.773. The van der Waals surface area contributed by atoms with Crippen LogP contribution in [0.25, 0.3) is 0 Å². The number of hydrogen-bond acceptors (Lipinski definition) is 5. The molecule has 0 saturated heterocycles. The lowest BCUT2D eigenvalue weighted by Gasteiger charge is -2.24. The van der Waals surface area contributed by atoms with Gasteiger partial charge in [-0.2, -0.15) is 0 Å². The predicted molar refractivity (Wildman–Crippen MR) is 70.1 cm³/mol. The highest BCUT2D eigenvalue weighted by Gasteiger charge is 2.32. The van der Waals surface area contributed by atoms with Gasteiger partial charge in [-0.25, -0.2) is 0 Å². The van der Waals surface area contributed by atoms with Crippen molar-refractivity contribution in [3.8, 4) is 17.2 Å². The zero-order chi connectivity index (χ0) is 14.5. The number of hydrogen-bond donors (Lipinski definition) is 2. The average Bonchev–Trinajstić information content (AvgIpc) is 2.43. The topological polar surface area (TPSA) is 77.0 Å². The highest BCUT2D eigenvalue weighted by molar-refractivity contribution is 5.78. The van der Waals surface area contributed by atoms with E-state index in [1.54, 1.807) is 32.2 Å². The second kappa shape index (κ2) is 6.29. The molecule has 1 aromatic rings. The summed E-state index contributed by atoms with van der Waals surface area (Å²) in [5.41, 5.74) is -1.16. The van der Waals surface area contributed by atoms with Crippen LogP contribution in [-0.2, 0) is 4.79 Å². The molecule has 6 heteroatoms. The Balaban J connectivity index is 2.85. The zero-order valence-corrected chi connectivity index (χ0v) is 11.5. The van der Waals surface area contributed by atoms with Crippen molar-refractivity contribution in [1.82, 2.24) is 5.32 Å². The summed E-state index contributed by atoms with van der Waals surface area (Å²) in [6, 6.07) is 5.04. The first-order chi connectivity index (χ1) is 8.95. The van der Waals surface area contributed by atoms with Gasteiger partial charge >= 0.3 is 5.97 Å². The number of rotatable bonds is 7. The summed E-state index contributed by atoms with van der Waals surface area (Å²) in [6.07, 6.45) is 0. The van der Waals surface area contributed by atoms with Crippen LogP contribution in [-0.4, -0.2) is 44.5 Å². The highest BCUT2D eigenvalue weighted by atomic mass is 16.5. The van der Waals surface area contributed by atoms with Crippen molar-refractivity contribution in [1.29, 1.82) is 0 Å². The predicted octanol–water partition coefficient (Wildman–Crippen LogP) is 1.15. The van der Waals surface area contributed by atoms with Gasteiger partial charge in [-0.05, 0) is 14.0 Å². The van der Waals surface area contributed by atoms with E-state index in [4.69, 9.17) is 19.3 Å². The molecule has 1 unspecified atom stereocenters. The van der Waals surface area contributed by atoms with Crippen molar-refractivity contribution in [3.63, 3.8) is 0 Å². The molecule has 0 saturated carbocycles. The van der Waals surface area contributed by atoms with Gasteiger partial charge in [0.05, 0.1) is 14.2 Å². The molecule has 0 aliphatic carbocycles. The molecule has 0 aliphatic heterocycles. The minimum atomic E-state index is -1.16. The number of carboxylic acid groups (broad SMARTS) is 1. The second-order valence-electron chi connectivity index (χ2n) is 4.22. The monoisotopic (exact) mass is 269 g/mol. The van der Waals surface area contributed by atoms with Gasteiger partial charge in [0, 0.05) is 18.2 Å². The molecule has 0 fully saturated rings. The van der Waals surface area contributed by atoms with Crippen LogP contribution in [0.2, 0.25) is 0 Å². The minimum absolute atomic E-state index is 0.0187. The molecule has 0 amide bonds. The molecule has 0 aliphatic rings. The number of carboxylic acids is 1. The number of benzene rings is 1. The van der Waals surface area contributed by atoms with Crippen LogP contribution < -0.4 is 19.5 Å². The highest BCUT2D eigenvalue weighted by Crippen LogP contribution is 2.27. The van der Waals surface area contributed by atoms with Gasteiger partial charge in [0.2, 0.25) is 0 Å². The Bertz CT molecular complexity index is 426. The van der Waals surface area contributed by atoms with E-state index in [-0.39, 0.29) is 6.61 Å². The number of carbonyl (C=O) groups is 1. The molecule has 106 valence electrons. The van der Waals surface area contributed by atoms with Crippen LogP contribution in [0.15, 0.2) is 18.2 Å². The zero-order valence-electron chi connectivity index (χ0n) is 11.5. The van der Waals surface area contributed by atoms with Crippen LogP contribution in [0.1, 0.15) is 6.92 Å². The number of nitrogens with one attached hydrogen (secondary N) is 1. The summed E-state index contributed by atoms with van der Waals surface area (Å²) in [6.45, 7) is 1.53. The fraction of sp³-hybridized carbons (Fsp3) is 0.462. The summed E-state index contributed by atoms with van der Waals surface area (Å²) in [5, 5.41) is 11.8. The number of likely N-dealkylation sites (N-methyl/N-ethyl adjacent to an activating group) is 1. The van der Waals surface area contributed by atoms with Gasteiger partial charge in [0.1, 0.15) is 29.4 Å². The van der Waals surface area contributed by atoms with Gasteiger partial charge in [-0.1, -0.05) is 0 Å². The average molecular weight is 269 g/mol. The summed E-state index contributed by atoms with van der Waals surface area (Å²) in [5.74, 6) is 0.662. The lowest BCUT2D eigenvalue weighted by Crippen LogP contribution is -2.52. The fourth-order valence-electron chi connectivity index (χ4n) is 1.33. The Morgan fingerprint density at radius 3 is 2.05 bits per heavy atom. The molecule has 0 heterocycles. The molecular weight excluding hydrogens is 250 g/mol. The molecular formula is C13H19NO5. The molecule has 2 N–H and O–H groups in total. The lowest BCUT2D eigenvalue weighted by molar-refractivity contribution is -0.145. The Labute approximate surface area is 112 Å². The second-order valence-corrected chi connectivity index (χ2v) is 4.22. The van der Waals surface area contributed by atoms with E-state index in [9.17, 15) is 4.79 Å². The van der Waals surface area contributed by atoms with Crippen LogP contribution >= 0.6 is 0 Å². The molecule has 1 rings (SSSR count). The van der Waals surface area contributed by atoms with Crippen LogP contribution in [0.5, 0.6) is 17.2 Å². The van der Waals surface area contributed by atoms with E-state index in [0.29, 0.717) is 17.2 Å². The SMILES string of the molecule is CNC(C)(COc1cc(OC)cc(OC)c1)C(=O)O. The Kier molecular flexibility index (Phi) is 5.00. The lowest BCUT2D eigenvalue weighted by atomic mass is 10.1. The largest absolute Gasteiger partial charge is 0.496 e. The van der Waals surface area contributed by atoms with Gasteiger partial charge in [0.15, 0.2) is 0 Å². The smallest absolute Gasteiger partial charge is 0.327 e. The van der Waals surface area contributed by atoms with Crippen molar-refractivity contribution in [2.75, 3.05) is 27.9 Å². The summed E-state index contributed by atoms with van der Waals surface area (Å²) >= 11 is 0. The minimum Gasteiger partial charge on any atom is -0.496 e. The molecule has 0 bridgehead atoms. The van der Waals surface area contributed by atoms with E-state index in [1.807, 2.05) is 0 Å². The molecule has 19 heavy (non-hydrogen) atoms. The van der Waals surface area contributed by atoms with Crippen molar-refractivity contribution in [2.24, 2.45) is 0 Å². The molecule has 1 aromatic carbocycles. The van der Waals surface area contributed by atoms with E-state index >= 15 is 0 Å². The van der Waals surface area contributed by atoms with Gasteiger partial charge < -0.3 is 24.6 Å². The van der Waals surface area contributed by atoms with E-state index in [2.05, 4.69) is 5.32 Å². The first kappa shape index (κ1) is 15.1. The van der Waals surface area contributed by atoms with Gasteiger partial charge in [0.25, 0.3) is 0 Å². The molecule has 1 atom stereocenters. The summed E-state index contributed by atoms with van der Waals surface area (Å²) in [4.78, 5) is 11.1. The third-order valence-corrected chi connectivity index (χ3v) is 2.88. The maximum Gasteiger partial charge on any atom is 0.327 e. The molecule has 0 radical (unpaired) electrons. The van der Waals surface area contributed by atoms with E-state index in [1.165, 1.54) is 14.2 Å². The maximum atomic E-state index is 11.1. The Morgan fingerprint density at radius 2 is 1.68 bits per heavy atom. The summed E-state index contributed by atoms with van der Waals surface area (Å²) in [7, 11) is 4.64. The summed E-state index contributed by atoms with van der Waals surface area (Å²) < 4.78 is 15.7. The van der Waals surface area contributed by atoms with Gasteiger partial charge in [-0.3, -0.25) is 4.79 Å². The molecule has 0 aromatic heterocycles.